The number of carbonyl (C=O) groups excluding carboxylic acids is 1. The van der Waals surface area contributed by atoms with Crippen LogP contribution in [0.1, 0.15) is 47.5 Å². The van der Waals surface area contributed by atoms with Gasteiger partial charge in [-0.15, -0.1) is 10.2 Å². The minimum absolute atomic E-state index is 0.0200. The van der Waals surface area contributed by atoms with Crippen molar-refractivity contribution in [2.75, 3.05) is 13.1 Å². The largest absolute Gasteiger partial charge is 0.425 e. The van der Waals surface area contributed by atoms with Gasteiger partial charge in [0.25, 0.3) is 5.91 Å². The van der Waals surface area contributed by atoms with Gasteiger partial charge < -0.3 is 9.32 Å². The standard InChI is InChI=1S/C29H25N7O2/c1-19-33-34-27(38-19)29(2)11-13-35(14-12-29)26(37)23-9-7-21(8-10-23)24-16-31-28-32-17-25(36(28)18-24)22-5-3-20(15-30)4-6-22/h3-10,16-18H,11-14H2,1-2H3. The Morgan fingerprint density at radius 3 is 2.29 bits per heavy atom. The number of carbonyl (C=O) groups is 1. The van der Waals surface area contributed by atoms with Crippen LogP contribution in [0.25, 0.3) is 28.2 Å². The molecule has 0 N–H and O–H groups in total. The number of nitriles is 1. The Labute approximate surface area is 219 Å². The summed E-state index contributed by atoms with van der Waals surface area (Å²) in [6.45, 7) is 5.18. The van der Waals surface area contributed by atoms with Gasteiger partial charge in [0.1, 0.15) is 0 Å². The number of likely N-dealkylation sites (tertiary alicyclic amines) is 1. The smallest absolute Gasteiger partial charge is 0.253 e. The van der Waals surface area contributed by atoms with Gasteiger partial charge in [0.2, 0.25) is 17.6 Å². The van der Waals surface area contributed by atoms with Crippen LogP contribution in [-0.4, -0.2) is 48.5 Å². The molecular weight excluding hydrogens is 478 g/mol. The van der Waals surface area contributed by atoms with Gasteiger partial charge >= 0.3 is 0 Å². The summed E-state index contributed by atoms with van der Waals surface area (Å²) in [5.41, 5.74) is 4.75. The fourth-order valence-electron chi connectivity index (χ4n) is 4.90. The molecule has 1 aliphatic heterocycles. The van der Waals surface area contributed by atoms with E-state index in [9.17, 15) is 4.79 Å². The molecule has 1 saturated heterocycles. The number of benzene rings is 2. The Hall–Kier alpha value is -4.84. The lowest BCUT2D eigenvalue weighted by atomic mass is 9.80. The van der Waals surface area contributed by atoms with E-state index >= 15 is 0 Å². The van der Waals surface area contributed by atoms with Gasteiger partial charge in [-0.2, -0.15) is 5.26 Å². The molecule has 3 aromatic heterocycles. The third-order valence-corrected chi connectivity index (χ3v) is 7.34. The van der Waals surface area contributed by atoms with Crippen LogP contribution in [0.3, 0.4) is 0 Å². The Kier molecular flexibility index (Phi) is 5.72. The van der Waals surface area contributed by atoms with E-state index in [1.807, 2.05) is 51.9 Å². The molecule has 0 saturated carbocycles. The minimum Gasteiger partial charge on any atom is -0.425 e. The van der Waals surface area contributed by atoms with Gasteiger partial charge in [0.05, 0.1) is 23.5 Å². The highest BCUT2D eigenvalue weighted by Crippen LogP contribution is 2.34. The predicted molar refractivity (Wildman–Crippen MR) is 140 cm³/mol. The summed E-state index contributed by atoms with van der Waals surface area (Å²) in [4.78, 5) is 24.0. The molecule has 2 aromatic carbocycles. The lowest BCUT2D eigenvalue weighted by molar-refractivity contribution is 0.0657. The summed E-state index contributed by atoms with van der Waals surface area (Å²) >= 11 is 0. The van der Waals surface area contributed by atoms with Crippen molar-refractivity contribution in [3.8, 4) is 28.5 Å². The van der Waals surface area contributed by atoms with Crippen molar-refractivity contribution >= 4 is 11.7 Å². The molecule has 1 aliphatic rings. The van der Waals surface area contributed by atoms with Gasteiger partial charge in [0.15, 0.2) is 0 Å². The summed E-state index contributed by atoms with van der Waals surface area (Å²) in [6, 6.07) is 17.2. The molecule has 1 amide bonds. The zero-order valence-corrected chi connectivity index (χ0v) is 21.1. The third-order valence-electron chi connectivity index (χ3n) is 7.34. The van der Waals surface area contributed by atoms with E-state index in [-0.39, 0.29) is 11.3 Å². The second-order valence-electron chi connectivity index (χ2n) is 9.90. The fraction of sp³-hybridized carbons (Fsp3) is 0.241. The van der Waals surface area contributed by atoms with Crippen LogP contribution >= 0.6 is 0 Å². The summed E-state index contributed by atoms with van der Waals surface area (Å²) in [7, 11) is 0. The number of nitrogens with zero attached hydrogens (tertiary/aromatic N) is 7. The molecule has 9 nitrogen and oxygen atoms in total. The Balaban J connectivity index is 1.19. The van der Waals surface area contributed by atoms with Crippen LogP contribution in [0.5, 0.6) is 0 Å². The maximum Gasteiger partial charge on any atom is 0.253 e. The number of hydrogen-bond acceptors (Lipinski definition) is 7. The van der Waals surface area contributed by atoms with E-state index in [4.69, 9.17) is 9.68 Å². The number of aryl methyl sites for hydroxylation is 1. The molecule has 0 aliphatic carbocycles. The molecule has 0 spiro atoms. The van der Waals surface area contributed by atoms with Crippen molar-refractivity contribution in [1.82, 2.24) is 29.5 Å². The second kappa shape index (κ2) is 9.23. The minimum atomic E-state index is -0.211. The van der Waals surface area contributed by atoms with E-state index in [1.54, 1.807) is 31.5 Å². The highest BCUT2D eigenvalue weighted by molar-refractivity contribution is 5.94. The molecule has 6 rings (SSSR count). The lowest BCUT2D eigenvalue weighted by Crippen LogP contribution is -2.44. The lowest BCUT2D eigenvalue weighted by Gasteiger charge is -2.37. The topological polar surface area (TPSA) is 113 Å². The highest BCUT2D eigenvalue weighted by Gasteiger charge is 2.37. The van der Waals surface area contributed by atoms with Crippen molar-refractivity contribution in [1.29, 1.82) is 5.26 Å². The van der Waals surface area contributed by atoms with Gasteiger partial charge in [-0.3, -0.25) is 9.20 Å². The van der Waals surface area contributed by atoms with Crippen molar-refractivity contribution in [3.63, 3.8) is 0 Å². The van der Waals surface area contributed by atoms with Gasteiger partial charge in [-0.25, -0.2) is 9.97 Å². The molecule has 5 aromatic rings. The van der Waals surface area contributed by atoms with Gasteiger partial charge in [-0.1, -0.05) is 31.2 Å². The van der Waals surface area contributed by atoms with Crippen LogP contribution in [-0.2, 0) is 5.41 Å². The first-order valence-corrected chi connectivity index (χ1v) is 12.5. The molecule has 0 bridgehead atoms. The molecule has 4 heterocycles. The van der Waals surface area contributed by atoms with E-state index in [2.05, 4.69) is 33.2 Å². The molecule has 0 unspecified atom stereocenters. The number of rotatable bonds is 4. The molecule has 9 heteroatoms. The number of imidazole rings is 1. The maximum absolute atomic E-state index is 13.2. The summed E-state index contributed by atoms with van der Waals surface area (Å²) in [5, 5.41) is 17.3. The third kappa shape index (κ3) is 4.20. The van der Waals surface area contributed by atoms with E-state index < -0.39 is 0 Å². The quantitative estimate of drug-likeness (QED) is 0.345. The summed E-state index contributed by atoms with van der Waals surface area (Å²) in [6.07, 6.45) is 7.10. The molecule has 38 heavy (non-hydrogen) atoms. The van der Waals surface area contributed by atoms with Crippen LogP contribution < -0.4 is 0 Å². The first-order chi connectivity index (χ1) is 18.4. The van der Waals surface area contributed by atoms with Crippen LogP contribution in [0.15, 0.2) is 71.5 Å². The first-order valence-electron chi connectivity index (χ1n) is 12.5. The normalized spacial score (nSPS) is 14.9. The van der Waals surface area contributed by atoms with E-state index in [1.165, 1.54) is 0 Å². The average molecular weight is 504 g/mol. The zero-order chi connectivity index (χ0) is 26.3. The second-order valence-corrected chi connectivity index (χ2v) is 9.90. The van der Waals surface area contributed by atoms with Crippen molar-refractivity contribution in [3.05, 3.63) is 90.0 Å². The van der Waals surface area contributed by atoms with Crippen molar-refractivity contribution in [2.24, 2.45) is 0 Å². The summed E-state index contributed by atoms with van der Waals surface area (Å²) < 4.78 is 7.61. The SMILES string of the molecule is Cc1nnc(C2(C)CCN(C(=O)c3ccc(-c4cnc5ncc(-c6ccc(C#N)cc6)n5c4)cc3)CC2)o1. The number of aromatic nitrogens is 5. The highest BCUT2D eigenvalue weighted by atomic mass is 16.4. The first kappa shape index (κ1) is 23.6. The Morgan fingerprint density at radius 1 is 0.947 bits per heavy atom. The van der Waals surface area contributed by atoms with Crippen LogP contribution in [0.2, 0.25) is 0 Å². The molecule has 0 atom stereocenters. The monoisotopic (exact) mass is 503 g/mol. The van der Waals surface area contributed by atoms with Crippen molar-refractivity contribution < 1.29 is 9.21 Å². The maximum atomic E-state index is 13.2. The predicted octanol–water partition coefficient (Wildman–Crippen LogP) is 4.82. The molecule has 0 radical (unpaired) electrons. The number of fused-ring (bicyclic) bond motifs is 1. The van der Waals surface area contributed by atoms with Crippen molar-refractivity contribution in [2.45, 2.75) is 32.1 Å². The molecule has 188 valence electrons. The molecule has 1 fully saturated rings. The van der Waals surface area contributed by atoms with E-state index in [0.717, 1.165) is 35.2 Å². The number of amides is 1. The number of piperidine rings is 1. The average Bonchev–Trinajstić information content (AvgIpc) is 3.60. The number of hydrogen-bond donors (Lipinski definition) is 0. The van der Waals surface area contributed by atoms with Gasteiger partial charge in [0, 0.05) is 54.5 Å². The summed E-state index contributed by atoms with van der Waals surface area (Å²) in [5.74, 6) is 1.82. The van der Waals surface area contributed by atoms with E-state index in [0.29, 0.717) is 41.8 Å². The van der Waals surface area contributed by atoms with Crippen LogP contribution in [0, 0.1) is 18.3 Å². The van der Waals surface area contributed by atoms with Crippen LogP contribution in [0.4, 0.5) is 0 Å². The zero-order valence-electron chi connectivity index (χ0n) is 21.1. The Bertz CT molecular complexity index is 1670. The molecular formula is C29H25N7O2. The fourth-order valence-corrected chi connectivity index (χ4v) is 4.90. The Morgan fingerprint density at radius 2 is 1.63 bits per heavy atom. The van der Waals surface area contributed by atoms with Gasteiger partial charge in [-0.05, 0) is 42.7 Å².